The van der Waals surface area contributed by atoms with Gasteiger partial charge in [0.05, 0.1) is 47.8 Å². The molecule has 4 rings (SSSR count). The highest BCUT2D eigenvalue weighted by atomic mass is 19.4. The van der Waals surface area contributed by atoms with Gasteiger partial charge >= 0.3 is 12.1 Å². The zero-order chi connectivity index (χ0) is 32.4. The number of aliphatic hydroxyl groups is 1. The Kier molecular flexibility index (Phi) is 12.0. The third-order valence-electron chi connectivity index (χ3n) is 7.13. The van der Waals surface area contributed by atoms with Crippen molar-refractivity contribution >= 4 is 5.91 Å². The number of rotatable bonds is 14. The van der Waals surface area contributed by atoms with Crippen molar-refractivity contribution in [2.45, 2.75) is 56.6 Å². The molecule has 45 heavy (non-hydrogen) atoms. The Bertz CT molecular complexity index is 1340. The molecule has 13 heteroatoms. The summed E-state index contributed by atoms with van der Waals surface area (Å²) in [5.74, 6) is -0.349. The van der Waals surface area contributed by atoms with Crippen molar-refractivity contribution in [2.75, 3.05) is 27.9 Å². The number of methoxy groups -OCH3 is 3. The van der Waals surface area contributed by atoms with E-state index in [1.54, 1.807) is 67.8 Å². The normalized spacial score (nSPS) is 21.6. The van der Waals surface area contributed by atoms with Gasteiger partial charge in [-0.1, -0.05) is 36.4 Å². The highest BCUT2D eigenvalue weighted by Gasteiger charge is 2.50. The molecule has 0 aromatic heterocycles. The van der Waals surface area contributed by atoms with Crippen LogP contribution in [0.2, 0.25) is 0 Å². The maximum absolute atomic E-state index is 13.3. The van der Waals surface area contributed by atoms with Gasteiger partial charge in [0.15, 0.2) is 6.29 Å². The molecule has 3 unspecified atom stereocenters. The lowest BCUT2D eigenvalue weighted by molar-refractivity contribution is -0.279. The van der Waals surface area contributed by atoms with E-state index in [1.807, 2.05) is 17.4 Å². The van der Waals surface area contributed by atoms with Crippen molar-refractivity contribution < 1.29 is 56.2 Å². The second kappa shape index (κ2) is 15.9. The molecule has 0 spiro atoms. The van der Waals surface area contributed by atoms with Crippen molar-refractivity contribution in [3.8, 4) is 17.2 Å². The highest BCUT2D eigenvalue weighted by Crippen LogP contribution is 2.29. The van der Waals surface area contributed by atoms with E-state index in [4.69, 9.17) is 33.2 Å². The second-order valence-electron chi connectivity index (χ2n) is 10.2. The quantitative estimate of drug-likeness (QED) is 0.270. The summed E-state index contributed by atoms with van der Waals surface area (Å²) >= 11 is 0. The van der Waals surface area contributed by atoms with Gasteiger partial charge in [0.1, 0.15) is 41.6 Å². The molecule has 1 aliphatic heterocycles. The number of ether oxygens (including phenoxy) is 7. The van der Waals surface area contributed by atoms with Crippen LogP contribution in [0.25, 0.3) is 0 Å². The minimum Gasteiger partial charge on any atom is -0.497 e. The first kappa shape index (κ1) is 34.0. The van der Waals surface area contributed by atoms with Gasteiger partial charge in [-0.2, -0.15) is 13.2 Å². The standard InChI is InChI=1S/C32H36F3NO9/c1-39-23-10-4-20(5-11-23)16-42-19-26-28(43-17-21-6-12-24(40-2)13-7-21)29(44-18-22-8-14-25(41-3)15-9-22)27(30(37)45-26)36-31(38)32(33,34)35/h4-15,26-30,37H,16-19H2,1-3H3,(H,36,38)/t26?,27?,28-,29+,30?/m0/s1. The molecule has 0 bridgehead atoms. The van der Waals surface area contributed by atoms with Gasteiger partial charge in [-0.25, -0.2) is 0 Å². The smallest absolute Gasteiger partial charge is 0.471 e. The minimum atomic E-state index is -5.21. The molecule has 3 aromatic carbocycles. The summed E-state index contributed by atoms with van der Waals surface area (Å²) in [6, 6.07) is 19.4. The van der Waals surface area contributed by atoms with Gasteiger partial charge in [0.25, 0.3) is 0 Å². The first-order valence-corrected chi connectivity index (χ1v) is 14.0. The number of alkyl halides is 3. The van der Waals surface area contributed by atoms with Crippen LogP contribution in [0.15, 0.2) is 72.8 Å². The Morgan fingerprint density at radius 1 is 0.733 bits per heavy atom. The molecule has 244 valence electrons. The lowest BCUT2D eigenvalue weighted by Crippen LogP contribution is -2.66. The minimum absolute atomic E-state index is 0.00539. The van der Waals surface area contributed by atoms with Crippen LogP contribution < -0.4 is 19.5 Å². The molecular weight excluding hydrogens is 599 g/mol. The van der Waals surface area contributed by atoms with Crippen molar-refractivity contribution in [3.63, 3.8) is 0 Å². The van der Waals surface area contributed by atoms with Gasteiger partial charge in [-0.3, -0.25) is 4.79 Å². The van der Waals surface area contributed by atoms with Crippen LogP contribution >= 0.6 is 0 Å². The van der Waals surface area contributed by atoms with E-state index in [9.17, 15) is 23.1 Å². The number of carbonyl (C=O) groups excluding carboxylic acids is 1. The molecule has 1 fully saturated rings. The summed E-state index contributed by atoms with van der Waals surface area (Å²) in [7, 11) is 4.61. The summed E-state index contributed by atoms with van der Waals surface area (Å²) in [5.41, 5.74) is 2.22. The number of amides is 1. The Morgan fingerprint density at radius 2 is 1.16 bits per heavy atom. The van der Waals surface area contributed by atoms with Gasteiger partial charge in [0, 0.05) is 0 Å². The Balaban J connectivity index is 1.58. The topological polar surface area (TPSA) is 114 Å². The van der Waals surface area contributed by atoms with Gasteiger partial charge in [-0.05, 0) is 53.1 Å². The van der Waals surface area contributed by atoms with E-state index in [1.165, 1.54) is 14.2 Å². The molecule has 0 aliphatic carbocycles. The van der Waals surface area contributed by atoms with Crippen LogP contribution in [0.1, 0.15) is 16.7 Å². The second-order valence-corrected chi connectivity index (χ2v) is 10.2. The van der Waals surface area contributed by atoms with Crippen LogP contribution in [0, 0.1) is 0 Å². The Labute approximate surface area is 258 Å². The fraction of sp³-hybridized carbons (Fsp3) is 0.406. The van der Waals surface area contributed by atoms with Gasteiger partial charge < -0.3 is 43.6 Å². The highest BCUT2D eigenvalue weighted by molar-refractivity contribution is 5.82. The van der Waals surface area contributed by atoms with Crippen LogP contribution in [0.4, 0.5) is 13.2 Å². The zero-order valence-electron chi connectivity index (χ0n) is 25.0. The summed E-state index contributed by atoms with van der Waals surface area (Å²) in [4.78, 5) is 12.0. The lowest BCUT2D eigenvalue weighted by Gasteiger charge is -2.45. The molecule has 10 nitrogen and oxygen atoms in total. The van der Waals surface area contributed by atoms with E-state index >= 15 is 0 Å². The predicted octanol–water partition coefficient (Wildman–Crippen LogP) is 4.16. The van der Waals surface area contributed by atoms with Crippen molar-refractivity contribution in [1.29, 1.82) is 0 Å². The monoisotopic (exact) mass is 635 g/mol. The average Bonchev–Trinajstić information content (AvgIpc) is 3.04. The molecule has 0 saturated carbocycles. The number of hydrogen-bond acceptors (Lipinski definition) is 9. The van der Waals surface area contributed by atoms with Gasteiger partial charge in [0.2, 0.25) is 0 Å². The van der Waals surface area contributed by atoms with E-state index < -0.39 is 42.7 Å². The van der Waals surface area contributed by atoms with Crippen LogP contribution in [0.3, 0.4) is 0 Å². The fourth-order valence-electron chi connectivity index (χ4n) is 4.68. The van der Waals surface area contributed by atoms with Gasteiger partial charge in [-0.15, -0.1) is 0 Å². The number of carbonyl (C=O) groups is 1. The van der Waals surface area contributed by atoms with Crippen LogP contribution in [0.5, 0.6) is 17.2 Å². The number of benzene rings is 3. The van der Waals surface area contributed by atoms with Crippen molar-refractivity contribution in [3.05, 3.63) is 89.5 Å². The molecule has 2 N–H and O–H groups in total. The molecule has 0 radical (unpaired) electrons. The Morgan fingerprint density at radius 3 is 1.58 bits per heavy atom. The third kappa shape index (κ3) is 9.55. The van der Waals surface area contributed by atoms with Crippen molar-refractivity contribution in [1.82, 2.24) is 5.32 Å². The number of halogens is 3. The van der Waals surface area contributed by atoms with Crippen molar-refractivity contribution in [2.24, 2.45) is 0 Å². The molecule has 1 heterocycles. The summed E-state index contributed by atoms with van der Waals surface area (Å²) < 4.78 is 79.4. The van der Waals surface area contributed by atoms with E-state index in [0.29, 0.717) is 22.8 Å². The summed E-state index contributed by atoms with van der Waals surface area (Å²) in [6.45, 7) is -0.0253. The maximum atomic E-state index is 13.3. The largest absolute Gasteiger partial charge is 0.497 e. The first-order chi connectivity index (χ1) is 21.6. The van der Waals surface area contributed by atoms with E-state index in [0.717, 1.165) is 11.1 Å². The number of aliphatic hydroxyl groups excluding tert-OH is 1. The Hall–Kier alpha value is -3.88. The lowest BCUT2D eigenvalue weighted by atomic mass is 9.96. The molecule has 5 atom stereocenters. The van der Waals surface area contributed by atoms with E-state index in [-0.39, 0.29) is 26.4 Å². The molecule has 3 aromatic rings. The zero-order valence-corrected chi connectivity index (χ0v) is 25.0. The SMILES string of the molecule is COc1ccc(COCC2OC(O)C(NC(=O)C(F)(F)F)[C@@H](OCc3ccc(OC)cc3)[C@H]2OCc2ccc(OC)cc2)cc1. The predicted molar refractivity (Wildman–Crippen MR) is 155 cm³/mol. The number of nitrogens with one attached hydrogen (secondary N) is 1. The molecule has 1 aliphatic rings. The molecular formula is C32H36F3NO9. The summed E-state index contributed by atoms with van der Waals surface area (Å²) in [5, 5.41) is 12.7. The third-order valence-corrected chi connectivity index (χ3v) is 7.13. The molecule has 1 saturated heterocycles. The first-order valence-electron chi connectivity index (χ1n) is 14.0. The maximum Gasteiger partial charge on any atom is 0.471 e. The average molecular weight is 636 g/mol. The number of hydrogen-bond donors (Lipinski definition) is 2. The molecule has 1 amide bonds. The van der Waals surface area contributed by atoms with Crippen LogP contribution in [-0.4, -0.2) is 75.8 Å². The summed E-state index contributed by atoms with van der Waals surface area (Å²) in [6.07, 6.45) is -10.4. The van der Waals surface area contributed by atoms with E-state index in [2.05, 4.69) is 0 Å². The fourth-order valence-corrected chi connectivity index (χ4v) is 4.68. The van der Waals surface area contributed by atoms with Crippen LogP contribution in [-0.2, 0) is 43.6 Å².